The Kier molecular flexibility index (Phi) is 7.70. The molecular formula is C26H19ClN2O4S. The summed E-state index contributed by atoms with van der Waals surface area (Å²) in [5.41, 5.74) is 4.53. The highest BCUT2D eigenvalue weighted by Gasteiger charge is 2.12. The molecule has 0 saturated heterocycles. The minimum atomic E-state index is -0.402. The number of thiophene rings is 1. The number of hydrogen-bond acceptors (Lipinski definition) is 6. The summed E-state index contributed by atoms with van der Waals surface area (Å²) < 4.78 is 11.1. The second-order valence-corrected chi connectivity index (χ2v) is 8.43. The molecule has 4 rings (SSSR count). The molecule has 0 bridgehead atoms. The van der Waals surface area contributed by atoms with Crippen molar-refractivity contribution in [3.8, 4) is 11.5 Å². The van der Waals surface area contributed by atoms with E-state index in [-0.39, 0.29) is 0 Å². The molecule has 1 N–H and O–H groups in total. The maximum absolute atomic E-state index is 12.6. The molecule has 0 spiro atoms. The third-order valence-corrected chi connectivity index (χ3v) is 5.73. The molecule has 0 radical (unpaired) electrons. The molecule has 1 aromatic heterocycles. The summed E-state index contributed by atoms with van der Waals surface area (Å²) in [6.45, 7) is 0.300. The number of halogens is 1. The van der Waals surface area contributed by atoms with Gasteiger partial charge in [0.25, 0.3) is 5.91 Å². The van der Waals surface area contributed by atoms with Crippen LogP contribution in [0.15, 0.2) is 95.4 Å². The van der Waals surface area contributed by atoms with E-state index in [1.54, 1.807) is 72.8 Å². The first-order valence-electron chi connectivity index (χ1n) is 10.2. The van der Waals surface area contributed by atoms with Crippen LogP contribution in [-0.2, 0) is 6.61 Å². The van der Waals surface area contributed by atoms with Crippen LogP contribution >= 0.6 is 22.9 Å². The topological polar surface area (TPSA) is 77.0 Å². The molecule has 0 aliphatic carbocycles. The number of nitrogens with one attached hydrogen (secondary N) is 1. The monoisotopic (exact) mass is 490 g/mol. The molecule has 6 nitrogen and oxygen atoms in total. The van der Waals surface area contributed by atoms with E-state index in [0.29, 0.717) is 33.6 Å². The van der Waals surface area contributed by atoms with Crippen molar-refractivity contribution in [1.29, 1.82) is 0 Å². The normalized spacial score (nSPS) is 10.7. The van der Waals surface area contributed by atoms with Gasteiger partial charge in [0.15, 0.2) is 0 Å². The Labute approximate surface area is 205 Å². The second kappa shape index (κ2) is 11.3. The first kappa shape index (κ1) is 23.2. The van der Waals surface area contributed by atoms with E-state index < -0.39 is 11.9 Å². The average molecular weight is 491 g/mol. The zero-order valence-electron chi connectivity index (χ0n) is 17.8. The Balaban J connectivity index is 1.33. The number of ether oxygens (including phenoxy) is 2. The first-order valence-corrected chi connectivity index (χ1v) is 11.5. The molecular weight excluding hydrogens is 472 g/mol. The van der Waals surface area contributed by atoms with Gasteiger partial charge in [0.05, 0.1) is 11.8 Å². The highest BCUT2D eigenvalue weighted by atomic mass is 35.5. The molecule has 4 aromatic rings. The Hall–Kier alpha value is -3.94. The van der Waals surface area contributed by atoms with Gasteiger partial charge in [-0.1, -0.05) is 41.9 Å². The number of rotatable bonds is 8. The summed E-state index contributed by atoms with van der Waals surface area (Å²) >= 11 is 7.23. The lowest BCUT2D eigenvalue weighted by molar-refractivity contribution is 0.0739. The van der Waals surface area contributed by atoms with Crippen LogP contribution < -0.4 is 14.9 Å². The van der Waals surface area contributed by atoms with Crippen LogP contribution in [0.4, 0.5) is 0 Å². The van der Waals surface area contributed by atoms with Crippen LogP contribution in [0.1, 0.15) is 31.2 Å². The Morgan fingerprint density at radius 3 is 2.44 bits per heavy atom. The maximum Gasteiger partial charge on any atom is 0.353 e. The Morgan fingerprint density at radius 2 is 1.71 bits per heavy atom. The van der Waals surface area contributed by atoms with Crippen LogP contribution in [0.3, 0.4) is 0 Å². The quantitative estimate of drug-likeness (QED) is 0.143. The van der Waals surface area contributed by atoms with Crippen molar-refractivity contribution in [3.05, 3.63) is 117 Å². The van der Waals surface area contributed by atoms with E-state index >= 15 is 0 Å². The van der Waals surface area contributed by atoms with Gasteiger partial charge in [-0.3, -0.25) is 4.79 Å². The largest absolute Gasteiger partial charge is 0.488 e. The molecule has 1 heterocycles. The number of carbonyl (C=O) groups is 2. The standard InChI is InChI=1S/C26H19ClN2O4S/c27-20-11-7-19(8-12-20)17-32-23-5-2-1-4-22(23)25(30)29-28-16-18-9-13-21(14-10-18)33-26(31)24-6-3-15-34-24/h1-16H,17H2,(H,29,30)/b28-16-. The van der Waals surface area contributed by atoms with Crippen molar-refractivity contribution in [2.75, 3.05) is 0 Å². The molecule has 0 atom stereocenters. The number of amides is 1. The fourth-order valence-electron chi connectivity index (χ4n) is 2.92. The highest BCUT2D eigenvalue weighted by molar-refractivity contribution is 7.12. The van der Waals surface area contributed by atoms with Crippen molar-refractivity contribution < 1.29 is 19.1 Å². The molecule has 8 heteroatoms. The third kappa shape index (κ3) is 6.31. The number of esters is 1. The van der Waals surface area contributed by atoms with Crippen molar-refractivity contribution in [2.45, 2.75) is 6.61 Å². The molecule has 0 saturated carbocycles. The van der Waals surface area contributed by atoms with Gasteiger partial charge in [0.1, 0.15) is 23.0 Å². The van der Waals surface area contributed by atoms with Crippen LogP contribution in [0.2, 0.25) is 5.02 Å². The first-order chi connectivity index (χ1) is 16.6. The molecule has 0 aliphatic heterocycles. The summed E-state index contributed by atoms with van der Waals surface area (Å²) in [5.74, 6) is 0.0680. The number of hydrogen-bond donors (Lipinski definition) is 1. The molecule has 3 aromatic carbocycles. The number of hydrazone groups is 1. The Bertz CT molecular complexity index is 1290. The SMILES string of the molecule is O=C(Oc1ccc(/C=N\NC(=O)c2ccccc2OCc2ccc(Cl)cc2)cc1)c1cccs1. The fourth-order valence-corrected chi connectivity index (χ4v) is 3.65. The van der Waals surface area contributed by atoms with Crippen molar-refractivity contribution >= 4 is 41.0 Å². The average Bonchev–Trinajstić information content (AvgIpc) is 3.40. The van der Waals surface area contributed by atoms with Crippen molar-refractivity contribution in [1.82, 2.24) is 5.43 Å². The fraction of sp³-hybridized carbons (Fsp3) is 0.0385. The predicted octanol–water partition coefficient (Wildman–Crippen LogP) is 5.96. The van der Waals surface area contributed by atoms with Gasteiger partial charge in [0, 0.05) is 5.02 Å². The molecule has 170 valence electrons. The zero-order chi connectivity index (χ0) is 23.8. The van der Waals surface area contributed by atoms with Gasteiger partial charge in [-0.15, -0.1) is 11.3 Å². The van der Waals surface area contributed by atoms with Gasteiger partial charge in [-0.05, 0) is 71.1 Å². The van der Waals surface area contributed by atoms with E-state index in [0.717, 1.165) is 11.1 Å². The number of benzene rings is 3. The summed E-state index contributed by atoms with van der Waals surface area (Å²) in [6, 6.07) is 24.5. The summed E-state index contributed by atoms with van der Waals surface area (Å²) in [4.78, 5) is 25.2. The zero-order valence-corrected chi connectivity index (χ0v) is 19.4. The lowest BCUT2D eigenvalue weighted by atomic mass is 10.2. The van der Waals surface area contributed by atoms with Crippen LogP contribution in [0, 0.1) is 0 Å². The number of nitrogens with zero attached hydrogens (tertiary/aromatic N) is 1. The second-order valence-electron chi connectivity index (χ2n) is 7.05. The number of carbonyl (C=O) groups excluding carboxylic acids is 2. The molecule has 0 aliphatic rings. The van der Waals surface area contributed by atoms with E-state index in [1.807, 2.05) is 17.5 Å². The van der Waals surface area contributed by atoms with Gasteiger partial charge in [-0.25, -0.2) is 10.2 Å². The maximum atomic E-state index is 12.6. The van der Waals surface area contributed by atoms with Crippen LogP contribution in [0.5, 0.6) is 11.5 Å². The van der Waals surface area contributed by atoms with E-state index in [9.17, 15) is 9.59 Å². The lowest BCUT2D eigenvalue weighted by Gasteiger charge is -2.10. The van der Waals surface area contributed by atoms with Crippen molar-refractivity contribution in [3.63, 3.8) is 0 Å². The number of para-hydroxylation sites is 1. The van der Waals surface area contributed by atoms with Gasteiger partial charge in [0.2, 0.25) is 0 Å². The minimum absolute atomic E-state index is 0.300. The summed E-state index contributed by atoms with van der Waals surface area (Å²) in [7, 11) is 0. The van der Waals surface area contributed by atoms with Crippen LogP contribution in [-0.4, -0.2) is 18.1 Å². The minimum Gasteiger partial charge on any atom is -0.488 e. The van der Waals surface area contributed by atoms with Gasteiger partial charge >= 0.3 is 5.97 Å². The van der Waals surface area contributed by atoms with E-state index in [4.69, 9.17) is 21.1 Å². The van der Waals surface area contributed by atoms with Gasteiger partial charge in [-0.2, -0.15) is 5.10 Å². The molecule has 1 amide bonds. The molecule has 0 fully saturated rings. The van der Waals surface area contributed by atoms with E-state index in [2.05, 4.69) is 10.5 Å². The summed E-state index contributed by atoms with van der Waals surface area (Å²) in [6.07, 6.45) is 1.50. The Morgan fingerprint density at radius 1 is 0.941 bits per heavy atom. The third-order valence-electron chi connectivity index (χ3n) is 4.63. The lowest BCUT2D eigenvalue weighted by Crippen LogP contribution is -2.18. The summed E-state index contributed by atoms with van der Waals surface area (Å²) in [5, 5.41) is 6.48. The molecule has 34 heavy (non-hydrogen) atoms. The molecule has 0 unspecified atom stereocenters. The van der Waals surface area contributed by atoms with E-state index in [1.165, 1.54) is 17.6 Å². The highest BCUT2D eigenvalue weighted by Crippen LogP contribution is 2.20. The smallest absolute Gasteiger partial charge is 0.353 e. The van der Waals surface area contributed by atoms with Gasteiger partial charge < -0.3 is 9.47 Å². The predicted molar refractivity (Wildman–Crippen MR) is 133 cm³/mol. The van der Waals surface area contributed by atoms with Crippen LogP contribution in [0.25, 0.3) is 0 Å². The van der Waals surface area contributed by atoms with Crippen molar-refractivity contribution in [2.24, 2.45) is 5.10 Å².